The maximum absolute atomic E-state index is 5.02. The number of nitrogens with zero attached hydrogens (tertiary/aromatic N) is 6. The average Bonchev–Trinajstić information content (AvgIpc) is 0.745. The summed E-state index contributed by atoms with van der Waals surface area (Å²) in [5, 5.41) is 0. The van der Waals surface area contributed by atoms with Crippen molar-refractivity contribution >= 4 is 0 Å². The fraction of sp³-hybridized carbons (Fsp3) is 0.136. The Morgan fingerprint density at radius 3 is 0.669 bits per heavy atom. The summed E-state index contributed by atoms with van der Waals surface area (Å²) in [6, 6.07) is 120. The smallest absolute Gasteiger partial charge is 0.232 e. The molecule has 0 bridgehead atoms. The van der Waals surface area contributed by atoms with Crippen molar-refractivity contribution < 1.29 is 13.7 Å². The van der Waals surface area contributed by atoms with E-state index in [1.807, 2.05) is 19.0 Å². The number of fused-ring (bicyclic) bond motifs is 24. The number of aryl methyl sites for hydroxylation is 10. The van der Waals surface area contributed by atoms with Crippen molar-refractivity contribution in [1.29, 1.82) is 0 Å². The van der Waals surface area contributed by atoms with Crippen LogP contribution in [0, 0.1) is 48.5 Å². The molecule has 0 N–H and O–H groups in total. The van der Waals surface area contributed by atoms with Gasteiger partial charge in [0.2, 0.25) is 0 Å². The fourth-order valence-electron chi connectivity index (χ4n) is 19.7. The molecule has 3 aliphatic carbocycles. The Bertz CT molecular complexity index is 7250. The monoisotopic (exact) mass is 1600 g/mol. The number of aromatic nitrogens is 6. The predicted molar refractivity (Wildman–Crippen MR) is 516 cm³/mol. The van der Waals surface area contributed by atoms with Crippen molar-refractivity contribution in [3.63, 3.8) is 0 Å². The lowest BCUT2D eigenvalue weighted by atomic mass is 9.79. The molecule has 124 heavy (non-hydrogen) atoms. The molecule has 0 radical (unpaired) electrons. The third kappa shape index (κ3) is 14.4. The van der Waals surface area contributed by atoms with E-state index in [1.165, 1.54) is 211 Å². The number of rotatable bonds is 8. The molecule has 600 valence electrons. The Balaban J connectivity index is 0.000000122. The van der Waals surface area contributed by atoms with Gasteiger partial charge >= 0.3 is 0 Å². The highest BCUT2D eigenvalue weighted by atomic mass is 15.0. The van der Waals surface area contributed by atoms with Crippen molar-refractivity contribution in [3.8, 4) is 201 Å². The lowest BCUT2D eigenvalue weighted by Crippen LogP contribution is -2.31. The van der Waals surface area contributed by atoms with Crippen molar-refractivity contribution in [1.82, 2.24) is 15.0 Å². The summed E-state index contributed by atoms with van der Waals surface area (Å²) in [5.74, 6) is 0.807. The Labute approximate surface area is 730 Å². The minimum Gasteiger partial charge on any atom is -0.232 e. The van der Waals surface area contributed by atoms with Gasteiger partial charge < -0.3 is 0 Å². The van der Waals surface area contributed by atoms with Gasteiger partial charge in [0.25, 0.3) is 19.0 Å². The van der Waals surface area contributed by atoms with E-state index in [9.17, 15) is 0 Å². The summed E-state index contributed by atoms with van der Waals surface area (Å²) in [7, 11) is 6.29. The molecule has 15 aromatic carbocycles. The Morgan fingerprint density at radius 1 is 0.194 bits per heavy atom. The van der Waals surface area contributed by atoms with E-state index >= 15 is 0 Å². The molecule has 6 heteroatoms. The van der Waals surface area contributed by atoms with Gasteiger partial charge in [0.1, 0.15) is 17.1 Å². The predicted octanol–water partition coefficient (Wildman–Crippen LogP) is 29.1. The van der Waals surface area contributed by atoms with Gasteiger partial charge in [0, 0.05) is 51.6 Å². The van der Waals surface area contributed by atoms with E-state index in [1.54, 1.807) is 0 Å². The molecule has 0 spiro atoms. The molecular weight excluding hydrogens is 1500 g/mol. The van der Waals surface area contributed by atoms with Crippen molar-refractivity contribution in [2.45, 2.75) is 88.0 Å². The van der Waals surface area contributed by atoms with E-state index in [-0.39, 0.29) is 0 Å². The van der Waals surface area contributed by atoms with Gasteiger partial charge in [-0.2, -0.15) is 0 Å². The second-order valence-electron chi connectivity index (χ2n) is 34.6. The minimum atomic E-state index is 0.403. The molecule has 3 heterocycles. The molecule has 0 fully saturated rings. The Kier molecular flexibility index (Phi) is 21.0. The zero-order chi connectivity index (χ0) is 85.3. The standard InChI is InChI=1S/C42H39N2.2C38H31N2/c1-26(2)29-20-13-21-30(27(3)4)42(29)40-24-41(44(6)25-43-40)37-23-39-36-19-12-10-17-34(36)32-15-8-7-14-31(32)33-16-9-11-18-35(33)38(39)22-28(37)5;1-24-12-11-13-25(2)38(24)36-22-37(40(4)23-39-36)33-21-35-32-19-10-8-17-30(32)28-15-6-5-14-27(28)29-16-7-9-18-31(29)34(35)20-26(33)3;1-24-17-25(2)19-27(18-24)37-22-38(40(4)23-39-37)34-21-36-33-16-10-8-14-31(33)29-12-6-5-11-28(29)30-13-7-9-15-32(30)35(36)20-26(34)3/h7-27H,1-6H3;2*5-23H,1-4H3/q3*+1. The molecule has 18 aromatic rings. The molecule has 0 aliphatic heterocycles. The van der Waals surface area contributed by atoms with Gasteiger partial charge in [-0.3, -0.25) is 0 Å². The molecule has 3 aliphatic rings. The SMILES string of the molecule is Cc1cc(C)cc(-c2cc(-c3cc4c(cc3C)-c3ccccc3-c3ccccc3-c3ccccc3-4)[n+](C)cn2)c1.Cc1cc2c(cc1-c1cc(-c3c(C(C)C)cccc3C(C)C)nc[n+]1C)-c1ccccc1-c1ccccc1-c1ccccc1-2.Cc1cc2c(cc1-c1cc(-c3c(C)cccc3C)nc[n+]1C)-c1ccccc1-c1ccccc1-c1ccccc1-2. The fourth-order valence-corrected chi connectivity index (χ4v) is 19.7. The topological polar surface area (TPSA) is 50.3 Å². The molecule has 0 atom stereocenters. The van der Waals surface area contributed by atoms with Gasteiger partial charge in [0.15, 0.2) is 17.1 Å². The van der Waals surface area contributed by atoms with Gasteiger partial charge in [-0.25, -0.2) is 13.7 Å². The van der Waals surface area contributed by atoms with Crippen LogP contribution in [0.25, 0.3) is 201 Å². The van der Waals surface area contributed by atoms with E-state index in [4.69, 9.17) is 15.0 Å². The highest BCUT2D eigenvalue weighted by Crippen LogP contribution is 2.54. The van der Waals surface area contributed by atoms with Crippen LogP contribution < -0.4 is 13.7 Å². The van der Waals surface area contributed by atoms with Gasteiger partial charge in [0.05, 0.1) is 21.1 Å². The van der Waals surface area contributed by atoms with E-state index in [0.717, 1.165) is 39.7 Å². The van der Waals surface area contributed by atoms with E-state index < -0.39 is 0 Å². The number of benzene rings is 15. The first-order chi connectivity index (χ1) is 60.3. The van der Waals surface area contributed by atoms with Crippen LogP contribution >= 0.6 is 0 Å². The first-order valence-electron chi connectivity index (χ1n) is 43.5. The summed E-state index contributed by atoms with van der Waals surface area (Å²) in [4.78, 5) is 14.7. The second kappa shape index (κ2) is 32.8. The van der Waals surface area contributed by atoms with Crippen LogP contribution in [0.3, 0.4) is 0 Å². The minimum absolute atomic E-state index is 0.403. The molecule has 21 rings (SSSR count). The normalized spacial score (nSPS) is 11.6. The lowest BCUT2D eigenvalue weighted by Gasteiger charge is -2.24. The summed E-state index contributed by atoms with van der Waals surface area (Å²) in [6.07, 6.45) is 5.88. The maximum Gasteiger partial charge on any atom is 0.287 e. The molecule has 0 amide bonds. The highest BCUT2D eigenvalue weighted by Gasteiger charge is 2.31. The first-order valence-corrected chi connectivity index (χ1v) is 43.5. The summed E-state index contributed by atoms with van der Waals surface area (Å²) >= 11 is 0. The largest absolute Gasteiger partial charge is 0.287 e. The number of hydrogen-bond donors (Lipinski definition) is 0. The third-order valence-electron chi connectivity index (χ3n) is 25.7. The van der Waals surface area contributed by atoms with Gasteiger partial charge in [-0.1, -0.05) is 318 Å². The van der Waals surface area contributed by atoms with Crippen LogP contribution in [0.5, 0.6) is 0 Å². The Hall–Kier alpha value is -14.5. The first kappa shape index (κ1) is 79.3. The zero-order valence-electron chi connectivity index (χ0n) is 73.2. The number of hydrogen-bond acceptors (Lipinski definition) is 3. The maximum atomic E-state index is 5.02. The summed E-state index contributed by atoms with van der Waals surface area (Å²) in [6.45, 7) is 24.4. The van der Waals surface area contributed by atoms with Crippen LogP contribution in [-0.4, -0.2) is 15.0 Å². The van der Waals surface area contributed by atoms with Crippen LogP contribution in [0.4, 0.5) is 0 Å². The second-order valence-corrected chi connectivity index (χ2v) is 34.6. The van der Waals surface area contributed by atoms with Crippen LogP contribution in [0.1, 0.15) is 89.6 Å². The van der Waals surface area contributed by atoms with Crippen LogP contribution in [0.15, 0.2) is 347 Å². The van der Waals surface area contributed by atoms with Crippen LogP contribution in [0.2, 0.25) is 0 Å². The molecule has 3 aromatic heterocycles. The molecule has 0 unspecified atom stereocenters. The molecule has 0 saturated carbocycles. The average molecular weight is 1600 g/mol. The molecule has 0 saturated heterocycles. The van der Waals surface area contributed by atoms with Gasteiger partial charge in [-0.05, 0) is 278 Å². The molecular formula is C118H101N6+3. The quantitative estimate of drug-likeness (QED) is 0.142. The van der Waals surface area contributed by atoms with E-state index in [0.29, 0.717) is 11.8 Å². The third-order valence-corrected chi connectivity index (χ3v) is 25.7. The summed E-state index contributed by atoms with van der Waals surface area (Å²) < 4.78 is 6.45. The Morgan fingerprint density at radius 2 is 0.411 bits per heavy atom. The van der Waals surface area contributed by atoms with Crippen molar-refractivity contribution in [2.24, 2.45) is 21.1 Å². The van der Waals surface area contributed by atoms with Crippen molar-refractivity contribution in [2.75, 3.05) is 0 Å². The van der Waals surface area contributed by atoms with Gasteiger partial charge in [-0.15, -0.1) is 0 Å². The summed E-state index contributed by atoms with van der Waals surface area (Å²) in [5.41, 5.74) is 55.6. The lowest BCUT2D eigenvalue weighted by molar-refractivity contribution is -0.663. The van der Waals surface area contributed by atoms with Crippen LogP contribution in [-0.2, 0) is 21.1 Å². The molecule has 6 nitrogen and oxygen atoms in total. The zero-order valence-corrected chi connectivity index (χ0v) is 73.2. The highest BCUT2D eigenvalue weighted by molar-refractivity contribution is 6.08. The van der Waals surface area contributed by atoms with Crippen molar-refractivity contribution in [3.05, 3.63) is 397 Å². The van der Waals surface area contributed by atoms with E-state index in [2.05, 4.69) is 439 Å².